The molecular weight excluding hydrogens is 418 g/mol. The van der Waals surface area contributed by atoms with Crippen LogP contribution in [0, 0.1) is 5.92 Å². The molecule has 142 valence electrons. The first-order valence-corrected chi connectivity index (χ1v) is 11.5. The van der Waals surface area contributed by atoms with Gasteiger partial charge in [0.15, 0.2) is 0 Å². The number of nitrogens with one attached hydrogen (secondary N) is 2. The summed E-state index contributed by atoms with van der Waals surface area (Å²) < 4.78 is 28.0. The Hall–Kier alpha value is -0.960. The van der Waals surface area contributed by atoms with E-state index in [9.17, 15) is 13.2 Å². The summed E-state index contributed by atoms with van der Waals surface area (Å²) in [5, 5.41) is 2.98. The van der Waals surface area contributed by atoms with Crippen molar-refractivity contribution in [2.24, 2.45) is 5.92 Å². The number of hydrogen-bond donors (Lipinski definition) is 2. The van der Waals surface area contributed by atoms with Gasteiger partial charge in [0.2, 0.25) is 10.0 Å². The first-order chi connectivity index (χ1) is 12.4. The van der Waals surface area contributed by atoms with E-state index in [2.05, 4.69) is 30.9 Å². The molecule has 1 aromatic carbocycles. The van der Waals surface area contributed by atoms with Gasteiger partial charge in [0.05, 0.1) is 10.5 Å². The number of likely N-dealkylation sites (tertiary alicyclic amines) is 1. The average Bonchev–Trinajstić information content (AvgIpc) is 3.54. The summed E-state index contributed by atoms with van der Waals surface area (Å²) in [6.45, 7) is 2.80. The highest BCUT2D eigenvalue weighted by molar-refractivity contribution is 9.10. The van der Waals surface area contributed by atoms with Gasteiger partial charge < -0.3 is 10.2 Å². The zero-order valence-electron chi connectivity index (χ0n) is 14.6. The van der Waals surface area contributed by atoms with Gasteiger partial charge in [-0.15, -0.1) is 0 Å². The number of halogens is 1. The lowest BCUT2D eigenvalue weighted by atomic mass is 10.1. The topological polar surface area (TPSA) is 78.5 Å². The van der Waals surface area contributed by atoms with Gasteiger partial charge in [-0.1, -0.05) is 0 Å². The summed E-state index contributed by atoms with van der Waals surface area (Å²) in [7, 11) is -3.57. The zero-order chi connectivity index (χ0) is 18.3. The van der Waals surface area contributed by atoms with E-state index in [-0.39, 0.29) is 16.8 Å². The first kappa shape index (κ1) is 18.4. The van der Waals surface area contributed by atoms with Crippen LogP contribution in [0.4, 0.5) is 0 Å². The number of hydrogen-bond acceptors (Lipinski definition) is 4. The lowest BCUT2D eigenvalue weighted by molar-refractivity contribution is 0.0946. The van der Waals surface area contributed by atoms with Gasteiger partial charge in [0.1, 0.15) is 0 Å². The molecule has 1 unspecified atom stereocenters. The SMILES string of the molecule is O=C(NCC1CCN(C2CC2)C1)c1cc(S(=O)(=O)NC2CC2)ccc1Br. The van der Waals surface area contributed by atoms with E-state index in [1.165, 1.54) is 25.0 Å². The van der Waals surface area contributed by atoms with E-state index >= 15 is 0 Å². The van der Waals surface area contributed by atoms with Crippen molar-refractivity contribution in [3.63, 3.8) is 0 Å². The van der Waals surface area contributed by atoms with Crippen LogP contribution in [0.5, 0.6) is 0 Å². The van der Waals surface area contributed by atoms with Crippen LogP contribution in [0.15, 0.2) is 27.6 Å². The van der Waals surface area contributed by atoms with Gasteiger partial charge in [-0.25, -0.2) is 13.1 Å². The van der Waals surface area contributed by atoms with Crippen molar-refractivity contribution in [2.75, 3.05) is 19.6 Å². The number of carbonyl (C=O) groups excluding carboxylic acids is 1. The molecule has 2 N–H and O–H groups in total. The van der Waals surface area contributed by atoms with Gasteiger partial charge in [-0.05, 0) is 78.7 Å². The Morgan fingerprint density at radius 1 is 1.19 bits per heavy atom. The van der Waals surface area contributed by atoms with Crippen LogP contribution >= 0.6 is 15.9 Å². The molecule has 1 aliphatic heterocycles. The fraction of sp³-hybridized carbons (Fsp3) is 0.611. The smallest absolute Gasteiger partial charge is 0.252 e. The predicted molar refractivity (Wildman–Crippen MR) is 103 cm³/mol. The van der Waals surface area contributed by atoms with Crippen LogP contribution in [0.25, 0.3) is 0 Å². The van der Waals surface area contributed by atoms with Crippen molar-refractivity contribution in [2.45, 2.75) is 49.1 Å². The largest absolute Gasteiger partial charge is 0.352 e. The van der Waals surface area contributed by atoms with E-state index in [0.717, 1.165) is 38.4 Å². The Kier molecular flexibility index (Phi) is 5.11. The summed E-state index contributed by atoms with van der Waals surface area (Å²) in [5.41, 5.74) is 0.362. The van der Waals surface area contributed by atoms with Crippen LogP contribution in [0.2, 0.25) is 0 Å². The predicted octanol–water partition coefficient (Wildman–Crippen LogP) is 2.10. The molecule has 6 nitrogen and oxygen atoms in total. The van der Waals surface area contributed by atoms with Crippen LogP contribution in [0.3, 0.4) is 0 Å². The Balaban J connectivity index is 1.39. The Morgan fingerprint density at radius 2 is 1.96 bits per heavy atom. The van der Waals surface area contributed by atoms with Crippen LogP contribution in [-0.2, 0) is 10.0 Å². The van der Waals surface area contributed by atoms with Crippen molar-refractivity contribution in [3.8, 4) is 0 Å². The number of rotatable bonds is 7. The highest BCUT2D eigenvalue weighted by Crippen LogP contribution is 2.31. The van der Waals surface area contributed by atoms with E-state index < -0.39 is 10.0 Å². The lowest BCUT2D eigenvalue weighted by Gasteiger charge is -2.15. The minimum atomic E-state index is -3.57. The second kappa shape index (κ2) is 7.22. The molecule has 1 heterocycles. The third-order valence-corrected chi connectivity index (χ3v) is 7.53. The fourth-order valence-corrected chi connectivity index (χ4v) is 5.22. The summed E-state index contributed by atoms with van der Waals surface area (Å²) in [4.78, 5) is 15.2. The van der Waals surface area contributed by atoms with E-state index in [0.29, 0.717) is 22.5 Å². The number of carbonyl (C=O) groups is 1. The number of sulfonamides is 1. The highest BCUT2D eigenvalue weighted by atomic mass is 79.9. The average molecular weight is 442 g/mol. The van der Waals surface area contributed by atoms with Gasteiger partial charge >= 0.3 is 0 Å². The summed E-state index contributed by atoms with van der Waals surface area (Å²) in [6, 6.07) is 5.41. The van der Waals surface area contributed by atoms with Gasteiger partial charge in [0.25, 0.3) is 5.91 Å². The molecule has 3 fully saturated rings. The molecular formula is C18H24BrN3O3S. The molecule has 3 aliphatic rings. The quantitative estimate of drug-likeness (QED) is 0.678. The zero-order valence-corrected chi connectivity index (χ0v) is 17.0. The second-order valence-corrected chi connectivity index (χ2v) is 10.2. The molecule has 0 radical (unpaired) electrons. The maximum atomic E-state index is 12.6. The molecule has 0 bridgehead atoms. The molecule has 2 aliphatic carbocycles. The van der Waals surface area contributed by atoms with Gasteiger partial charge in [-0.3, -0.25) is 4.79 Å². The van der Waals surface area contributed by atoms with Crippen molar-refractivity contribution < 1.29 is 13.2 Å². The van der Waals surface area contributed by atoms with Crippen molar-refractivity contribution in [3.05, 3.63) is 28.2 Å². The minimum absolute atomic E-state index is 0.0395. The molecule has 4 rings (SSSR count). The summed E-state index contributed by atoms with van der Waals surface area (Å²) >= 11 is 3.37. The molecule has 2 saturated carbocycles. The third kappa shape index (κ3) is 4.30. The number of nitrogens with zero attached hydrogens (tertiary/aromatic N) is 1. The van der Waals surface area contributed by atoms with E-state index in [1.54, 1.807) is 6.07 Å². The molecule has 0 spiro atoms. The first-order valence-electron chi connectivity index (χ1n) is 9.26. The van der Waals surface area contributed by atoms with Crippen molar-refractivity contribution in [1.82, 2.24) is 14.9 Å². The molecule has 1 amide bonds. The third-order valence-electron chi connectivity index (χ3n) is 5.32. The number of benzene rings is 1. The summed E-state index contributed by atoms with van der Waals surface area (Å²) in [6.07, 6.45) is 5.48. The fourth-order valence-electron chi connectivity index (χ4n) is 3.47. The minimum Gasteiger partial charge on any atom is -0.352 e. The Labute approximate surface area is 162 Å². The standard InChI is InChI=1S/C18H24BrN3O3S/c19-17-6-5-15(26(24,25)21-13-1-2-13)9-16(17)18(23)20-10-12-7-8-22(11-12)14-3-4-14/h5-6,9,12-14,21H,1-4,7-8,10-11H2,(H,20,23). The number of amides is 1. The van der Waals surface area contributed by atoms with E-state index in [1.807, 2.05) is 0 Å². The molecule has 0 aromatic heterocycles. The van der Waals surface area contributed by atoms with Crippen LogP contribution < -0.4 is 10.0 Å². The monoisotopic (exact) mass is 441 g/mol. The van der Waals surface area contributed by atoms with Crippen LogP contribution in [0.1, 0.15) is 42.5 Å². The van der Waals surface area contributed by atoms with Crippen LogP contribution in [-0.4, -0.2) is 50.9 Å². The molecule has 8 heteroatoms. The van der Waals surface area contributed by atoms with E-state index in [4.69, 9.17) is 0 Å². The lowest BCUT2D eigenvalue weighted by Crippen LogP contribution is -2.32. The molecule has 26 heavy (non-hydrogen) atoms. The second-order valence-electron chi connectivity index (χ2n) is 7.63. The van der Waals surface area contributed by atoms with Crippen molar-refractivity contribution >= 4 is 31.9 Å². The Morgan fingerprint density at radius 3 is 2.65 bits per heavy atom. The summed E-state index contributed by atoms with van der Waals surface area (Å²) in [5.74, 6) is 0.243. The maximum Gasteiger partial charge on any atom is 0.252 e. The van der Waals surface area contributed by atoms with Crippen molar-refractivity contribution in [1.29, 1.82) is 0 Å². The molecule has 1 atom stereocenters. The normalized spacial score (nSPS) is 24.0. The molecule has 1 saturated heterocycles. The molecule has 1 aromatic rings. The van der Waals surface area contributed by atoms with Gasteiger partial charge in [0, 0.05) is 29.6 Å². The maximum absolute atomic E-state index is 12.6. The Bertz CT molecular complexity index is 806. The highest BCUT2D eigenvalue weighted by Gasteiger charge is 2.34. The van der Waals surface area contributed by atoms with Gasteiger partial charge in [-0.2, -0.15) is 0 Å².